The Labute approximate surface area is 77.9 Å². The molecule has 0 aliphatic heterocycles. The molecule has 1 rings (SSSR count). The summed E-state index contributed by atoms with van der Waals surface area (Å²) < 4.78 is 10.1. The van der Waals surface area contributed by atoms with E-state index in [0.717, 1.165) is 5.56 Å². The zero-order valence-electron chi connectivity index (χ0n) is 8.07. The normalized spacial score (nSPS) is 12.5. The number of ether oxygens (including phenoxy) is 2. The van der Waals surface area contributed by atoms with Crippen LogP contribution in [0.1, 0.15) is 18.6 Å². The van der Waals surface area contributed by atoms with Crippen molar-refractivity contribution in [3.63, 3.8) is 0 Å². The quantitative estimate of drug-likeness (QED) is 0.778. The molecule has 0 unspecified atom stereocenters. The molecule has 0 aromatic heterocycles. The van der Waals surface area contributed by atoms with Gasteiger partial charge in [-0.05, 0) is 24.6 Å². The zero-order chi connectivity index (χ0) is 9.84. The minimum atomic E-state index is 0.00880. The average molecular weight is 182 g/mol. The summed E-state index contributed by atoms with van der Waals surface area (Å²) in [7, 11) is 3.17. The molecule has 0 bridgehead atoms. The minimum absolute atomic E-state index is 0.00880. The Kier molecular flexibility index (Phi) is 3.14. The zero-order valence-corrected chi connectivity index (χ0v) is 8.07. The number of rotatable bonds is 3. The van der Waals surface area contributed by atoms with Gasteiger partial charge in [-0.2, -0.15) is 0 Å². The van der Waals surface area contributed by atoms with Gasteiger partial charge in [-0.3, -0.25) is 0 Å². The SMILES string of the molecule is COc1cc([C@H](C)OC)ccc1O. The number of phenols is 1. The maximum atomic E-state index is 9.32. The molecule has 0 spiro atoms. The maximum absolute atomic E-state index is 9.32. The molecule has 13 heavy (non-hydrogen) atoms. The third kappa shape index (κ3) is 2.12. The Morgan fingerprint density at radius 3 is 2.54 bits per heavy atom. The van der Waals surface area contributed by atoms with Gasteiger partial charge in [0.1, 0.15) is 0 Å². The average Bonchev–Trinajstić information content (AvgIpc) is 2.17. The number of methoxy groups -OCH3 is 2. The topological polar surface area (TPSA) is 38.7 Å². The molecule has 0 aliphatic carbocycles. The molecule has 3 nitrogen and oxygen atoms in total. The third-order valence-corrected chi connectivity index (χ3v) is 2.03. The molecule has 0 heterocycles. The van der Waals surface area contributed by atoms with Crippen molar-refractivity contribution < 1.29 is 14.6 Å². The van der Waals surface area contributed by atoms with Gasteiger partial charge in [-0.25, -0.2) is 0 Å². The molecule has 0 amide bonds. The van der Waals surface area contributed by atoms with Gasteiger partial charge in [0.25, 0.3) is 0 Å². The summed E-state index contributed by atoms with van der Waals surface area (Å²) in [6.07, 6.45) is 0.00880. The van der Waals surface area contributed by atoms with Gasteiger partial charge >= 0.3 is 0 Å². The molecule has 1 aromatic carbocycles. The molecular weight excluding hydrogens is 168 g/mol. The maximum Gasteiger partial charge on any atom is 0.160 e. The smallest absolute Gasteiger partial charge is 0.160 e. The van der Waals surface area contributed by atoms with E-state index < -0.39 is 0 Å². The van der Waals surface area contributed by atoms with Gasteiger partial charge < -0.3 is 14.6 Å². The van der Waals surface area contributed by atoms with Crippen molar-refractivity contribution in [1.82, 2.24) is 0 Å². The summed E-state index contributed by atoms with van der Waals surface area (Å²) in [5.74, 6) is 0.621. The first-order valence-electron chi connectivity index (χ1n) is 4.08. The van der Waals surface area contributed by atoms with E-state index in [0.29, 0.717) is 5.75 Å². The molecule has 3 heteroatoms. The molecule has 0 radical (unpaired) electrons. The van der Waals surface area contributed by atoms with Crippen LogP contribution in [0, 0.1) is 0 Å². The lowest BCUT2D eigenvalue weighted by Gasteiger charge is -2.11. The van der Waals surface area contributed by atoms with E-state index in [1.165, 1.54) is 7.11 Å². The lowest BCUT2D eigenvalue weighted by atomic mass is 10.1. The van der Waals surface area contributed by atoms with Crippen molar-refractivity contribution in [3.05, 3.63) is 23.8 Å². The van der Waals surface area contributed by atoms with Crippen LogP contribution in [0.2, 0.25) is 0 Å². The van der Waals surface area contributed by atoms with E-state index >= 15 is 0 Å². The van der Waals surface area contributed by atoms with Crippen molar-refractivity contribution in [1.29, 1.82) is 0 Å². The molecule has 1 N–H and O–H groups in total. The van der Waals surface area contributed by atoms with Crippen molar-refractivity contribution in [2.24, 2.45) is 0 Å². The van der Waals surface area contributed by atoms with Crippen LogP contribution in [0.4, 0.5) is 0 Å². The fraction of sp³-hybridized carbons (Fsp3) is 0.400. The second-order valence-electron chi connectivity index (χ2n) is 2.81. The number of hydrogen-bond donors (Lipinski definition) is 1. The largest absolute Gasteiger partial charge is 0.504 e. The summed E-state index contributed by atoms with van der Waals surface area (Å²) in [6, 6.07) is 5.18. The van der Waals surface area contributed by atoms with E-state index in [2.05, 4.69) is 0 Å². The van der Waals surface area contributed by atoms with Gasteiger partial charge in [0.05, 0.1) is 13.2 Å². The Morgan fingerprint density at radius 2 is 2.00 bits per heavy atom. The van der Waals surface area contributed by atoms with Gasteiger partial charge in [0.15, 0.2) is 11.5 Å². The molecule has 1 atom stereocenters. The van der Waals surface area contributed by atoms with E-state index in [1.807, 2.05) is 13.0 Å². The van der Waals surface area contributed by atoms with E-state index in [4.69, 9.17) is 9.47 Å². The van der Waals surface area contributed by atoms with Crippen molar-refractivity contribution in [2.45, 2.75) is 13.0 Å². The van der Waals surface area contributed by atoms with Crippen LogP contribution in [-0.4, -0.2) is 19.3 Å². The van der Waals surface area contributed by atoms with Crippen molar-refractivity contribution >= 4 is 0 Å². The lowest BCUT2D eigenvalue weighted by Crippen LogP contribution is -1.96. The van der Waals surface area contributed by atoms with Gasteiger partial charge in [0.2, 0.25) is 0 Å². The fourth-order valence-corrected chi connectivity index (χ4v) is 1.08. The predicted octanol–water partition coefficient (Wildman–Crippen LogP) is 2.11. The van der Waals surface area contributed by atoms with Crippen LogP contribution in [0.15, 0.2) is 18.2 Å². The lowest BCUT2D eigenvalue weighted by molar-refractivity contribution is 0.119. The van der Waals surface area contributed by atoms with Gasteiger partial charge in [-0.1, -0.05) is 6.07 Å². The van der Waals surface area contributed by atoms with Crippen LogP contribution in [0.25, 0.3) is 0 Å². The first-order chi connectivity index (χ1) is 6.19. The Balaban J connectivity index is 2.99. The number of hydrogen-bond acceptors (Lipinski definition) is 3. The number of phenolic OH excluding ortho intramolecular Hbond substituents is 1. The second kappa shape index (κ2) is 4.14. The molecule has 0 saturated heterocycles. The van der Waals surface area contributed by atoms with E-state index in [-0.39, 0.29) is 11.9 Å². The van der Waals surface area contributed by atoms with Crippen molar-refractivity contribution in [3.8, 4) is 11.5 Å². The van der Waals surface area contributed by atoms with Crippen LogP contribution in [-0.2, 0) is 4.74 Å². The van der Waals surface area contributed by atoms with Crippen LogP contribution < -0.4 is 4.74 Å². The Morgan fingerprint density at radius 1 is 1.31 bits per heavy atom. The summed E-state index contributed by atoms with van der Waals surface area (Å²) >= 11 is 0. The van der Waals surface area contributed by atoms with Crippen LogP contribution in [0.3, 0.4) is 0 Å². The molecule has 0 aliphatic rings. The fourth-order valence-electron chi connectivity index (χ4n) is 1.08. The first-order valence-corrected chi connectivity index (χ1v) is 4.08. The standard InChI is InChI=1S/C10H14O3/c1-7(12-2)8-4-5-9(11)10(6-8)13-3/h4-7,11H,1-3H3/t7-/m0/s1. The minimum Gasteiger partial charge on any atom is -0.504 e. The Bertz CT molecular complexity index is 283. The van der Waals surface area contributed by atoms with Crippen molar-refractivity contribution in [2.75, 3.05) is 14.2 Å². The number of benzene rings is 1. The first kappa shape index (κ1) is 9.86. The highest BCUT2D eigenvalue weighted by molar-refractivity contribution is 5.42. The summed E-state index contributed by atoms with van der Waals surface area (Å²) in [5, 5.41) is 9.32. The highest BCUT2D eigenvalue weighted by atomic mass is 16.5. The summed E-state index contributed by atoms with van der Waals surface area (Å²) in [4.78, 5) is 0. The highest BCUT2D eigenvalue weighted by Crippen LogP contribution is 2.29. The van der Waals surface area contributed by atoms with E-state index in [9.17, 15) is 5.11 Å². The van der Waals surface area contributed by atoms with Crippen LogP contribution in [0.5, 0.6) is 11.5 Å². The highest BCUT2D eigenvalue weighted by Gasteiger charge is 2.07. The molecule has 0 fully saturated rings. The summed E-state index contributed by atoms with van der Waals surface area (Å²) in [6.45, 7) is 1.94. The van der Waals surface area contributed by atoms with Gasteiger partial charge in [0, 0.05) is 7.11 Å². The summed E-state index contributed by atoms with van der Waals surface area (Å²) in [5.41, 5.74) is 0.983. The predicted molar refractivity (Wildman–Crippen MR) is 50.1 cm³/mol. The monoisotopic (exact) mass is 182 g/mol. The molecular formula is C10H14O3. The third-order valence-electron chi connectivity index (χ3n) is 2.03. The Hall–Kier alpha value is -1.22. The van der Waals surface area contributed by atoms with Gasteiger partial charge in [-0.15, -0.1) is 0 Å². The van der Waals surface area contributed by atoms with Crippen LogP contribution >= 0.6 is 0 Å². The van der Waals surface area contributed by atoms with E-state index in [1.54, 1.807) is 19.2 Å². The molecule has 72 valence electrons. The molecule has 0 saturated carbocycles. The second-order valence-corrected chi connectivity index (χ2v) is 2.81. The number of aromatic hydroxyl groups is 1. The molecule has 1 aromatic rings.